The van der Waals surface area contributed by atoms with E-state index in [1.54, 1.807) is 0 Å². The third kappa shape index (κ3) is 5.10. The average Bonchev–Trinajstić information content (AvgIpc) is 3.34. The van der Waals surface area contributed by atoms with Gasteiger partial charge in [0.2, 0.25) is 0 Å². The first-order valence-electron chi connectivity index (χ1n) is 18.3. The van der Waals surface area contributed by atoms with E-state index < -0.39 is 0 Å². The lowest BCUT2D eigenvalue weighted by atomic mass is 9.82. The fourth-order valence-corrected chi connectivity index (χ4v) is 8.41. The highest BCUT2D eigenvalue weighted by Crippen LogP contribution is 2.55. The highest BCUT2D eigenvalue weighted by Gasteiger charge is 2.36. The standard InChI is InChI=1S/C51H37NO/c1-51(2)46-22-12-11-20-42(46)43-30-29-39(33-47(43)51)52(38-27-24-36(25-28-38)34-14-5-3-6-15-34)48-23-13-21-44-40-18-9-10-19-41(40)45-32-37(35-16-7-4-8-17-35)26-31-49(45)53-50(44)48/h3-33H,1-2H3. The predicted octanol–water partition coefficient (Wildman–Crippen LogP) is 14.2. The largest absolute Gasteiger partial charge is 0.454 e. The molecule has 0 saturated carbocycles. The molecule has 10 rings (SSSR count). The number of benzene rings is 8. The molecule has 1 aliphatic carbocycles. The van der Waals surface area contributed by atoms with Crippen LogP contribution in [0.25, 0.3) is 55.6 Å². The normalized spacial score (nSPS) is 13.0. The molecule has 0 atom stereocenters. The van der Waals surface area contributed by atoms with Crippen molar-refractivity contribution in [2.24, 2.45) is 0 Å². The highest BCUT2D eigenvalue weighted by atomic mass is 16.5. The summed E-state index contributed by atoms with van der Waals surface area (Å²) in [5.41, 5.74) is 17.5. The van der Waals surface area contributed by atoms with E-state index in [-0.39, 0.29) is 5.41 Å². The second-order valence-electron chi connectivity index (χ2n) is 14.5. The minimum absolute atomic E-state index is 0.136. The number of fused-ring (bicyclic) bond motifs is 8. The van der Waals surface area contributed by atoms with Crippen molar-refractivity contribution in [3.8, 4) is 67.1 Å². The van der Waals surface area contributed by atoms with Crippen LogP contribution in [0.1, 0.15) is 25.0 Å². The molecular formula is C51H37NO. The van der Waals surface area contributed by atoms with Gasteiger partial charge in [-0.3, -0.25) is 0 Å². The molecular weight excluding hydrogens is 643 g/mol. The summed E-state index contributed by atoms with van der Waals surface area (Å²) in [7, 11) is 0. The number of rotatable bonds is 5. The summed E-state index contributed by atoms with van der Waals surface area (Å²) in [5, 5.41) is 0. The zero-order valence-corrected chi connectivity index (χ0v) is 29.8. The molecule has 0 aromatic heterocycles. The van der Waals surface area contributed by atoms with Crippen molar-refractivity contribution in [2.75, 3.05) is 4.90 Å². The lowest BCUT2D eigenvalue weighted by Crippen LogP contribution is -2.17. The number of ether oxygens (including phenoxy) is 1. The minimum Gasteiger partial charge on any atom is -0.454 e. The van der Waals surface area contributed by atoms with E-state index in [9.17, 15) is 0 Å². The summed E-state index contributed by atoms with van der Waals surface area (Å²) in [4.78, 5) is 2.37. The molecule has 0 bridgehead atoms. The maximum absolute atomic E-state index is 7.17. The lowest BCUT2D eigenvalue weighted by Gasteiger charge is -2.30. The SMILES string of the molecule is CC1(C)c2ccccc2-c2ccc(N(c3ccc(-c4ccccc4)cc3)c3cccc4c3Oc3ccc(-c5ccccc5)cc3-c3ccccc3-4)cc21. The van der Waals surface area contributed by atoms with Crippen LogP contribution in [-0.4, -0.2) is 0 Å². The average molecular weight is 680 g/mol. The van der Waals surface area contributed by atoms with E-state index in [0.717, 1.165) is 56.4 Å². The van der Waals surface area contributed by atoms with E-state index in [1.165, 1.54) is 38.9 Å². The Morgan fingerprint density at radius 1 is 0.377 bits per heavy atom. The Morgan fingerprint density at radius 3 is 1.66 bits per heavy atom. The molecule has 1 heterocycles. The van der Waals surface area contributed by atoms with Gasteiger partial charge in [0, 0.05) is 27.9 Å². The molecule has 2 aliphatic rings. The number of hydrogen-bond acceptors (Lipinski definition) is 2. The first-order valence-corrected chi connectivity index (χ1v) is 18.3. The molecule has 0 fully saturated rings. The Labute approximate surface area is 311 Å². The maximum Gasteiger partial charge on any atom is 0.159 e. The van der Waals surface area contributed by atoms with E-state index in [4.69, 9.17) is 4.74 Å². The van der Waals surface area contributed by atoms with Gasteiger partial charge in [-0.25, -0.2) is 0 Å². The molecule has 2 heteroatoms. The third-order valence-corrected chi connectivity index (χ3v) is 11.1. The molecule has 8 aromatic carbocycles. The third-order valence-electron chi connectivity index (χ3n) is 11.1. The van der Waals surface area contributed by atoms with Gasteiger partial charge in [0.1, 0.15) is 5.75 Å². The van der Waals surface area contributed by atoms with E-state index >= 15 is 0 Å². The van der Waals surface area contributed by atoms with Crippen molar-refractivity contribution >= 4 is 17.1 Å². The second kappa shape index (κ2) is 12.3. The van der Waals surface area contributed by atoms with Gasteiger partial charge in [-0.1, -0.05) is 159 Å². The summed E-state index contributed by atoms with van der Waals surface area (Å²) in [6.07, 6.45) is 0. The van der Waals surface area contributed by atoms with E-state index in [0.29, 0.717) is 0 Å². The molecule has 8 aromatic rings. The molecule has 0 radical (unpaired) electrons. The summed E-state index contributed by atoms with van der Waals surface area (Å²) < 4.78 is 7.17. The highest BCUT2D eigenvalue weighted by molar-refractivity contribution is 5.97. The van der Waals surface area contributed by atoms with Crippen molar-refractivity contribution < 1.29 is 4.74 Å². The zero-order valence-electron chi connectivity index (χ0n) is 29.8. The number of hydrogen-bond donors (Lipinski definition) is 0. The van der Waals surface area contributed by atoms with Crippen molar-refractivity contribution in [3.05, 3.63) is 199 Å². The molecule has 0 unspecified atom stereocenters. The number of para-hydroxylation sites is 1. The monoisotopic (exact) mass is 679 g/mol. The first-order chi connectivity index (χ1) is 26.0. The molecule has 2 nitrogen and oxygen atoms in total. The van der Waals surface area contributed by atoms with Gasteiger partial charge in [-0.2, -0.15) is 0 Å². The van der Waals surface area contributed by atoms with Crippen molar-refractivity contribution in [1.29, 1.82) is 0 Å². The summed E-state index contributed by atoms with van der Waals surface area (Å²) in [6.45, 7) is 4.69. The van der Waals surface area contributed by atoms with Gasteiger partial charge in [0.15, 0.2) is 5.75 Å². The van der Waals surface area contributed by atoms with Gasteiger partial charge < -0.3 is 9.64 Å². The smallest absolute Gasteiger partial charge is 0.159 e. The molecule has 0 amide bonds. The van der Waals surface area contributed by atoms with Crippen LogP contribution in [0.15, 0.2) is 188 Å². The minimum atomic E-state index is -0.136. The van der Waals surface area contributed by atoms with Crippen LogP contribution in [-0.2, 0) is 5.41 Å². The van der Waals surface area contributed by atoms with Gasteiger partial charge in [-0.15, -0.1) is 0 Å². The summed E-state index contributed by atoms with van der Waals surface area (Å²) >= 11 is 0. The maximum atomic E-state index is 7.17. The van der Waals surface area contributed by atoms with Gasteiger partial charge in [0.25, 0.3) is 0 Å². The van der Waals surface area contributed by atoms with E-state index in [1.807, 2.05) is 0 Å². The predicted molar refractivity (Wildman–Crippen MR) is 221 cm³/mol. The Hall–Kier alpha value is -6.64. The van der Waals surface area contributed by atoms with Crippen LogP contribution in [0.5, 0.6) is 11.5 Å². The molecule has 0 saturated heterocycles. The van der Waals surface area contributed by atoms with Crippen molar-refractivity contribution in [3.63, 3.8) is 0 Å². The Bertz CT molecular complexity index is 2660. The first kappa shape index (κ1) is 31.1. The van der Waals surface area contributed by atoms with Gasteiger partial charge >= 0.3 is 0 Å². The van der Waals surface area contributed by atoms with Gasteiger partial charge in [0.05, 0.1) is 5.69 Å². The van der Waals surface area contributed by atoms with Crippen LogP contribution >= 0.6 is 0 Å². The van der Waals surface area contributed by atoms with Crippen LogP contribution in [0.4, 0.5) is 17.1 Å². The van der Waals surface area contributed by atoms with Crippen LogP contribution in [0, 0.1) is 0 Å². The molecule has 53 heavy (non-hydrogen) atoms. The summed E-state index contributed by atoms with van der Waals surface area (Å²) in [5.74, 6) is 1.68. The van der Waals surface area contributed by atoms with Gasteiger partial charge in [-0.05, 0) is 98.1 Å². The molecule has 1 aliphatic heterocycles. The number of anilines is 3. The lowest BCUT2D eigenvalue weighted by molar-refractivity contribution is 0.489. The molecule has 252 valence electrons. The Kier molecular flexibility index (Phi) is 7.19. The fourth-order valence-electron chi connectivity index (χ4n) is 8.41. The van der Waals surface area contributed by atoms with Crippen LogP contribution < -0.4 is 9.64 Å². The molecule has 0 spiro atoms. The zero-order chi connectivity index (χ0) is 35.5. The van der Waals surface area contributed by atoms with Crippen molar-refractivity contribution in [1.82, 2.24) is 0 Å². The number of nitrogens with zero attached hydrogens (tertiary/aromatic N) is 1. The van der Waals surface area contributed by atoms with Crippen molar-refractivity contribution in [2.45, 2.75) is 19.3 Å². The van der Waals surface area contributed by atoms with E-state index in [2.05, 4.69) is 207 Å². The molecule has 0 N–H and O–H groups in total. The van der Waals surface area contributed by atoms with Crippen LogP contribution in [0.2, 0.25) is 0 Å². The van der Waals surface area contributed by atoms with Crippen LogP contribution in [0.3, 0.4) is 0 Å². The quantitative estimate of drug-likeness (QED) is 0.180. The Morgan fingerprint density at radius 2 is 0.925 bits per heavy atom. The second-order valence-corrected chi connectivity index (χ2v) is 14.5. The summed E-state index contributed by atoms with van der Waals surface area (Å²) in [6, 6.07) is 67.7. The Balaban J connectivity index is 1.18. The topological polar surface area (TPSA) is 12.5 Å². The fraction of sp³-hybridized carbons (Fsp3) is 0.0588.